The lowest BCUT2D eigenvalue weighted by Gasteiger charge is -2.05. The van der Waals surface area contributed by atoms with E-state index in [4.69, 9.17) is 0 Å². The Morgan fingerprint density at radius 3 is 2.75 bits per heavy atom. The van der Waals surface area contributed by atoms with Crippen LogP contribution in [0.2, 0.25) is 0 Å². The molecule has 0 aliphatic rings. The van der Waals surface area contributed by atoms with Gasteiger partial charge < -0.3 is 5.32 Å². The Balaban J connectivity index is 1.83. The molecule has 0 saturated carbocycles. The van der Waals surface area contributed by atoms with E-state index >= 15 is 0 Å². The summed E-state index contributed by atoms with van der Waals surface area (Å²) in [6.07, 6.45) is 4.98. The molecule has 1 N–H and O–H groups in total. The Morgan fingerprint density at radius 2 is 1.96 bits per heavy atom. The number of benzene rings is 2. The number of nitrogens with zero attached hydrogens (tertiary/aromatic N) is 2. The summed E-state index contributed by atoms with van der Waals surface area (Å²) in [5, 5.41) is 14.2. The second kappa shape index (κ2) is 7.21. The summed E-state index contributed by atoms with van der Waals surface area (Å²) in [6, 6.07) is 19.3. The van der Waals surface area contributed by atoms with Gasteiger partial charge in [0, 0.05) is 18.9 Å². The topological polar surface area (TPSA) is 65.8 Å². The van der Waals surface area contributed by atoms with Crippen molar-refractivity contribution in [2.75, 3.05) is 0 Å². The van der Waals surface area contributed by atoms with Crippen molar-refractivity contribution >= 4 is 22.8 Å². The molecule has 2 aromatic carbocycles. The second-order valence-corrected chi connectivity index (χ2v) is 5.28. The molecular formula is C20H15N3O. The maximum absolute atomic E-state index is 12.3. The molecule has 0 bridgehead atoms. The molecule has 0 fully saturated rings. The Hall–Kier alpha value is -3.45. The van der Waals surface area contributed by atoms with Crippen molar-refractivity contribution < 1.29 is 4.79 Å². The molecule has 0 spiro atoms. The number of rotatable bonds is 4. The van der Waals surface area contributed by atoms with Crippen LogP contribution in [-0.4, -0.2) is 10.9 Å². The first kappa shape index (κ1) is 15.4. The lowest BCUT2D eigenvalue weighted by Crippen LogP contribution is -2.24. The molecule has 0 aliphatic carbocycles. The van der Waals surface area contributed by atoms with Gasteiger partial charge in [-0.15, -0.1) is 0 Å². The average Bonchev–Trinajstić information content (AvgIpc) is 2.65. The Kier molecular flexibility index (Phi) is 4.64. The number of carbonyl (C=O) groups is 1. The van der Waals surface area contributed by atoms with Gasteiger partial charge in [-0.2, -0.15) is 5.26 Å². The van der Waals surface area contributed by atoms with Crippen molar-refractivity contribution in [3.05, 3.63) is 83.7 Å². The monoisotopic (exact) mass is 313 g/mol. The molecule has 0 atom stereocenters. The number of carbonyl (C=O) groups excluding carboxylic acids is 1. The van der Waals surface area contributed by atoms with Gasteiger partial charge in [0.05, 0.1) is 0 Å². The van der Waals surface area contributed by atoms with E-state index in [9.17, 15) is 10.1 Å². The third-order valence-electron chi connectivity index (χ3n) is 3.66. The lowest BCUT2D eigenvalue weighted by molar-refractivity contribution is -0.117. The molecule has 3 aromatic rings. The molecule has 116 valence electrons. The van der Waals surface area contributed by atoms with Crippen molar-refractivity contribution in [3.8, 4) is 6.07 Å². The van der Waals surface area contributed by atoms with Gasteiger partial charge in [0.2, 0.25) is 0 Å². The van der Waals surface area contributed by atoms with Crippen LogP contribution in [0.4, 0.5) is 0 Å². The standard InChI is InChI=1S/C20H15N3O/c21-12-18(20(24)23-14-15-5-4-10-22-13-15)11-17-8-3-7-16-6-1-2-9-19(16)17/h1-11,13H,14H2,(H,23,24). The third kappa shape index (κ3) is 3.47. The molecule has 3 rings (SSSR count). The maximum Gasteiger partial charge on any atom is 0.262 e. The molecule has 0 unspecified atom stereocenters. The first-order chi connectivity index (χ1) is 11.8. The summed E-state index contributed by atoms with van der Waals surface area (Å²) in [4.78, 5) is 16.3. The van der Waals surface area contributed by atoms with Crippen LogP contribution in [0.3, 0.4) is 0 Å². The van der Waals surface area contributed by atoms with Crippen LogP contribution >= 0.6 is 0 Å². The van der Waals surface area contributed by atoms with Crippen molar-refractivity contribution in [1.29, 1.82) is 5.26 Å². The number of pyridine rings is 1. The van der Waals surface area contributed by atoms with Crippen LogP contribution in [0.5, 0.6) is 0 Å². The lowest BCUT2D eigenvalue weighted by atomic mass is 10.0. The van der Waals surface area contributed by atoms with E-state index < -0.39 is 5.91 Å². The first-order valence-electron chi connectivity index (χ1n) is 7.54. The van der Waals surface area contributed by atoms with Gasteiger partial charge in [0.1, 0.15) is 11.6 Å². The van der Waals surface area contributed by atoms with Crippen LogP contribution in [0.15, 0.2) is 72.6 Å². The quantitative estimate of drug-likeness (QED) is 0.592. The fourth-order valence-electron chi connectivity index (χ4n) is 2.46. The minimum atomic E-state index is -0.394. The van der Waals surface area contributed by atoms with Crippen LogP contribution in [0.1, 0.15) is 11.1 Å². The van der Waals surface area contributed by atoms with Crippen LogP contribution < -0.4 is 5.32 Å². The van der Waals surface area contributed by atoms with Crippen LogP contribution in [-0.2, 0) is 11.3 Å². The molecule has 4 nitrogen and oxygen atoms in total. The van der Waals surface area contributed by atoms with E-state index in [1.54, 1.807) is 24.5 Å². The molecule has 1 aromatic heterocycles. The Labute approximate surface area is 140 Å². The molecule has 0 radical (unpaired) electrons. The highest BCUT2D eigenvalue weighted by molar-refractivity contribution is 6.04. The SMILES string of the molecule is N#CC(=Cc1cccc2ccccc12)C(=O)NCc1cccnc1. The zero-order valence-corrected chi connectivity index (χ0v) is 12.9. The van der Waals surface area contributed by atoms with Crippen molar-refractivity contribution in [1.82, 2.24) is 10.3 Å². The summed E-state index contributed by atoms with van der Waals surface area (Å²) >= 11 is 0. The van der Waals surface area contributed by atoms with Gasteiger partial charge in [0.15, 0.2) is 0 Å². The zero-order chi connectivity index (χ0) is 16.8. The predicted octanol–water partition coefficient (Wildman–Crippen LogP) is 3.46. The highest BCUT2D eigenvalue weighted by Gasteiger charge is 2.09. The number of hydrogen-bond acceptors (Lipinski definition) is 3. The fraction of sp³-hybridized carbons (Fsp3) is 0.0500. The number of aromatic nitrogens is 1. The Morgan fingerprint density at radius 1 is 1.12 bits per heavy atom. The summed E-state index contributed by atoms with van der Waals surface area (Å²) in [7, 11) is 0. The van der Waals surface area contributed by atoms with E-state index in [1.165, 1.54) is 0 Å². The van der Waals surface area contributed by atoms with Gasteiger partial charge in [-0.3, -0.25) is 9.78 Å². The normalized spacial score (nSPS) is 11.0. The number of nitriles is 1. The van der Waals surface area contributed by atoms with E-state index in [2.05, 4.69) is 10.3 Å². The molecule has 24 heavy (non-hydrogen) atoms. The van der Waals surface area contributed by atoms with Gasteiger partial charge in [-0.1, -0.05) is 48.5 Å². The smallest absolute Gasteiger partial charge is 0.262 e. The number of nitrogens with one attached hydrogen (secondary N) is 1. The molecule has 4 heteroatoms. The van der Waals surface area contributed by atoms with E-state index in [-0.39, 0.29) is 5.57 Å². The van der Waals surface area contributed by atoms with E-state index in [1.807, 2.05) is 54.6 Å². The van der Waals surface area contributed by atoms with Crippen molar-refractivity contribution in [3.63, 3.8) is 0 Å². The van der Waals surface area contributed by atoms with E-state index in [0.29, 0.717) is 6.54 Å². The Bertz CT molecular complexity index is 935. The summed E-state index contributed by atoms with van der Waals surface area (Å²) < 4.78 is 0. The summed E-state index contributed by atoms with van der Waals surface area (Å²) in [6.45, 7) is 0.335. The van der Waals surface area contributed by atoms with Gasteiger partial charge in [-0.05, 0) is 34.0 Å². The minimum Gasteiger partial charge on any atom is -0.347 e. The van der Waals surface area contributed by atoms with Gasteiger partial charge >= 0.3 is 0 Å². The predicted molar refractivity (Wildman–Crippen MR) is 93.6 cm³/mol. The number of amides is 1. The van der Waals surface area contributed by atoms with E-state index in [0.717, 1.165) is 21.9 Å². The van der Waals surface area contributed by atoms with Crippen molar-refractivity contribution in [2.45, 2.75) is 6.54 Å². The van der Waals surface area contributed by atoms with Crippen LogP contribution in [0.25, 0.3) is 16.8 Å². The summed E-state index contributed by atoms with van der Waals surface area (Å²) in [5.41, 5.74) is 1.81. The highest BCUT2D eigenvalue weighted by atomic mass is 16.1. The van der Waals surface area contributed by atoms with Crippen molar-refractivity contribution in [2.24, 2.45) is 0 Å². The molecule has 1 heterocycles. The minimum absolute atomic E-state index is 0.0789. The first-order valence-corrected chi connectivity index (χ1v) is 7.54. The molecular weight excluding hydrogens is 298 g/mol. The number of hydrogen-bond donors (Lipinski definition) is 1. The third-order valence-corrected chi connectivity index (χ3v) is 3.66. The second-order valence-electron chi connectivity index (χ2n) is 5.28. The van der Waals surface area contributed by atoms with Crippen LogP contribution in [0, 0.1) is 11.3 Å². The largest absolute Gasteiger partial charge is 0.347 e. The number of fused-ring (bicyclic) bond motifs is 1. The maximum atomic E-state index is 12.3. The van der Waals surface area contributed by atoms with Gasteiger partial charge in [0.25, 0.3) is 5.91 Å². The summed E-state index contributed by atoms with van der Waals surface area (Å²) in [5.74, 6) is -0.394. The highest BCUT2D eigenvalue weighted by Crippen LogP contribution is 2.20. The molecule has 1 amide bonds. The van der Waals surface area contributed by atoms with Gasteiger partial charge in [-0.25, -0.2) is 0 Å². The fourth-order valence-corrected chi connectivity index (χ4v) is 2.46. The molecule has 0 aliphatic heterocycles. The average molecular weight is 313 g/mol. The zero-order valence-electron chi connectivity index (χ0n) is 12.9. The molecule has 0 saturated heterocycles.